The van der Waals surface area contributed by atoms with Gasteiger partial charge in [-0.2, -0.15) is 0 Å². The summed E-state index contributed by atoms with van der Waals surface area (Å²) in [7, 11) is 0. The summed E-state index contributed by atoms with van der Waals surface area (Å²) >= 11 is 5.63. The van der Waals surface area contributed by atoms with Crippen molar-refractivity contribution in [2.75, 3.05) is 19.8 Å². The lowest BCUT2D eigenvalue weighted by Crippen LogP contribution is -2.29. The molecule has 3 rings (SSSR count). The van der Waals surface area contributed by atoms with E-state index in [2.05, 4.69) is 10.5 Å². The molecule has 25 heavy (non-hydrogen) atoms. The van der Waals surface area contributed by atoms with Crippen LogP contribution in [0.1, 0.15) is 28.2 Å². The van der Waals surface area contributed by atoms with E-state index in [-0.39, 0.29) is 29.8 Å². The molecule has 6 nitrogen and oxygen atoms in total. The number of rotatable bonds is 7. The van der Waals surface area contributed by atoms with Crippen LogP contribution in [0.4, 0.5) is 4.39 Å². The highest BCUT2D eigenvalue weighted by atomic mass is 35.5. The van der Waals surface area contributed by atoms with Crippen molar-refractivity contribution in [1.82, 2.24) is 10.5 Å². The highest BCUT2D eigenvalue weighted by Gasteiger charge is 2.18. The van der Waals surface area contributed by atoms with Crippen molar-refractivity contribution in [3.05, 3.63) is 52.1 Å². The molecule has 1 N–H and O–H groups in total. The number of hydrogen-bond donors (Lipinski definition) is 1. The molecule has 1 unspecified atom stereocenters. The summed E-state index contributed by atoms with van der Waals surface area (Å²) in [6.07, 6.45) is 0.948. The van der Waals surface area contributed by atoms with Crippen LogP contribution in [0.5, 0.6) is 0 Å². The fraction of sp³-hybridized carbons (Fsp3) is 0.412. The standard InChI is InChI=1S/C17H18ClFN2O4/c18-14-2-1-11(5-15(14)19)8-24-10-13-6-16(21-25-13)17(22)20-7-12-3-4-23-9-12/h1-2,5-6,12H,3-4,7-10H2,(H,20,22). The molecule has 1 aromatic heterocycles. The first-order valence-electron chi connectivity index (χ1n) is 7.95. The number of carbonyl (C=O) groups is 1. The van der Waals surface area contributed by atoms with E-state index in [1.807, 2.05) is 0 Å². The Morgan fingerprint density at radius 2 is 2.28 bits per heavy atom. The summed E-state index contributed by atoms with van der Waals surface area (Å²) in [6, 6.07) is 6.00. The number of hydrogen-bond acceptors (Lipinski definition) is 5. The fourth-order valence-corrected chi connectivity index (χ4v) is 2.58. The van der Waals surface area contributed by atoms with Crippen molar-refractivity contribution in [2.24, 2.45) is 5.92 Å². The number of benzene rings is 1. The molecular weight excluding hydrogens is 351 g/mol. The van der Waals surface area contributed by atoms with E-state index in [1.165, 1.54) is 18.2 Å². The third-order valence-electron chi connectivity index (χ3n) is 3.86. The number of ether oxygens (including phenoxy) is 2. The maximum Gasteiger partial charge on any atom is 0.273 e. The number of nitrogens with one attached hydrogen (secondary N) is 1. The summed E-state index contributed by atoms with van der Waals surface area (Å²) in [5.41, 5.74) is 0.855. The number of carbonyl (C=O) groups excluding carboxylic acids is 1. The summed E-state index contributed by atoms with van der Waals surface area (Å²) in [5.74, 6) is -0.0158. The Morgan fingerprint density at radius 1 is 1.40 bits per heavy atom. The van der Waals surface area contributed by atoms with Crippen molar-refractivity contribution in [3.63, 3.8) is 0 Å². The number of amides is 1. The zero-order valence-corrected chi connectivity index (χ0v) is 14.2. The molecule has 1 aliphatic heterocycles. The van der Waals surface area contributed by atoms with E-state index in [0.717, 1.165) is 13.0 Å². The van der Waals surface area contributed by atoms with Crippen molar-refractivity contribution in [3.8, 4) is 0 Å². The first-order chi connectivity index (χ1) is 12.1. The van der Waals surface area contributed by atoms with E-state index in [0.29, 0.717) is 30.4 Å². The average molecular weight is 369 g/mol. The van der Waals surface area contributed by atoms with Crippen molar-refractivity contribution in [2.45, 2.75) is 19.6 Å². The Balaban J connectivity index is 1.44. The van der Waals surface area contributed by atoms with Gasteiger partial charge >= 0.3 is 0 Å². The molecule has 2 heterocycles. The molecule has 1 saturated heterocycles. The minimum atomic E-state index is -0.492. The molecule has 0 spiro atoms. The fourth-order valence-electron chi connectivity index (χ4n) is 2.46. The lowest BCUT2D eigenvalue weighted by atomic mass is 10.1. The maximum atomic E-state index is 13.3. The summed E-state index contributed by atoms with van der Waals surface area (Å²) < 4.78 is 29.1. The van der Waals surface area contributed by atoms with Crippen LogP contribution in [0.2, 0.25) is 5.02 Å². The highest BCUT2D eigenvalue weighted by Crippen LogP contribution is 2.17. The van der Waals surface area contributed by atoms with Gasteiger partial charge in [0, 0.05) is 25.1 Å². The Labute approximate surface area is 149 Å². The van der Waals surface area contributed by atoms with Crippen LogP contribution in [0.25, 0.3) is 0 Å². The van der Waals surface area contributed by atoms with Gasteiger partial charge in [0.2, 0.25) is 0 Å². The van der Waals surface area contributed by atoms with Crippen molar-refractivity contribution < 1.29 is 23.2 Å². The van der Waals surface area contributed by atoms with Gasteiger partial charge in [-0.1, -0.05) is 22.8 Å². The van der Waals surface area contributed by atoms with Gasteiger partial charge in [-0.15, -0.1) is 0 Å². The second-order valence-corrected chi connectivity index (χ2v) is 6.27. The molecular formula is C17H18ClFN2O4. The number of aromatic nitrogens is 1. The minimum absolute atomic E-state index is 0.0683. The predicted molar refractivity (Wildman–Crippen MR) is 87.7 cm³/mol. The lowest BCUT2D eigenvalue weighted by molar-refractivity contribution is 0.0875. The predicted octanol–water partition coefficient (Wildman–Crippen LogP) is 2.95. The third-order valence-corrected chi connectivity index (χ3v) is 4.17. The number of nitrogens with zero attached hydrogens (tertiary/aromatic N) is 1. The first kappa shape index (κ1) is 17.8. The maximum absolute atomic E-state index is 13.3. The molecule has 0 aliphatic carbocycles. The van der Waals surface area contributed by atoms with E-state index in [4.69, 9.17) is 25.6 Å². The van der Waals surface area contributed by atoms with Crippen LogP contribution in [0, 0.1) is 11.7 Å². The molecule has 0 radical (unpaired) electrons. The molecule has 134 valence electrons. The Hall–Kier alpha value is -1.96. The van der Waals surface area contributed by atoms with Crippen LogP contribution in [0.15, 0.2) is 28.8 Å². The van der Waals surface area contributed by atoms with Gasteiger partial charge in [0.1, 0.15) is 12.4 Å². The van der Waals surface area contributed by atoms with Crippen LogP contribution in [-0.2, 0) is 22.7 Å². The van der Waals surface area contributed by atoms with Crippen molar-refractivity contribution >= 4 is 17.5 Å². The molecule has 1 fully saturated rings. The number of halogens is 2. The molecule has 1 aromatic carbocycles. The summed E-state index contributed by atoms with van der Waals surface area (Å²) in [5, 5.41) is 6.62. The Kier molecular flexibility index (Phi) is 6.01. The highest BCUT2D eigenvalue weighted by molar-refractivity contribution is 6.30. The van der Waals surface area contributed by atoms with Crippen LogP contribution in [0.3, 0.4) is 0 Å². The SMILES string of the molecule is O=C(NCC1CCOC1)c1cc(COCc2ccc(Cl)c(F)c2)on1. The average Bonchev–Trinajstić information content (AvgIpc) is 3.28. The van der Waals surface area contributed by atoms with Crippen LogP contribution >= 0.6 is 11.6 Å². The van der Waals surface area contributed by atoms with E-state index in [9.17, 15) is 9.18 Å². The van der Waals surface area contributed by atoms with Gasteiger partial charge in [0.15, 0.2) is 11.5 Å². The van der Waals surface area contributed by atoms with Gasteiger partial charge in [0.25, 0.3) is 5.91 Å². The molecule has 1 atom stereocenters. The van der Waals surface area contributed by atoms with E-state index in [1.54, 1.807) is 6.07 Å². The summed E-state index contributed by atoms with van der Waals surface area (Å²) in [4.78, 5) is 12.0. The monoisotopic (exact) mass is 368 g/mol. The summed E-state index contributed by atoms with van der Waals surface area (Å²) in [6.45, 7) is 2.28. The first-order valence-corrected chi connectivity index (χ1v) is 8.33. The topological polar surface area (TPSA) is 73.6 Å². The largest absolute Gasteiger partial charge is 0.381 e. The zero-order chi connectivity index (χ0) is 17.6. The van der Waals surface area contributed by atoms with Crippen molar-refractivity contribution in [1.29, 1.82) is 0 Å². The second-order valence-electron chi connectivity index (χ2n) is 5.86. The van der Waals surface area contributed by atoms with Gasteiger partial charge in [0.05, 0.1) is 18.2 Å². The third kappa shape index (κ3) is 5.01. The molecule has 0 saturated carbocycles. The minimum Gasteiger partial charge on any atom is -0.381 e. The zero-order valence-electron chi connectivity index (χ0n) is 13.5. The normalized spacial score (nSPS) is 17.0. The lowest BCUT2D eigenvalue weighted by Gasteiger charge is -2.07. The second kappa shape index (κ2) is 8.42. The molecule has 8 heteroatoms. The smallest absolute Gasteiger partial charge is 0.273 e. The van der Waals surface area contributed by atoms with Gasteiger partial charge in [-0.25, -0.2) is 4.39 Å². The Bertz CT molecular complexity index is 731. The van der Waals surface area contributed by atoms with E-state index >= 15 is 0 Å². The van der Waals surface area contributed by atoms with E-state index < -0.39 is 5.82 Å². The van der Waals surface area contributed by atoms with Crippen LogP contribution < -0.4 is 5.32 Å². The van der Waals surface area contributed by atoms with Crippen LogP contribution in [-0.4, -0.2) is 30.8 Å². The van der Waals surface area contributed by atoms with Gasteiger partial charge in [-0.05, 0) is 24.1 Å². The molecule has 2 aromatic rings. The van der Waals surface area contributed by atoms with Gasteiger partial charge in [-0.3, -0.25) is 4.79 Å². The quantitative estimate of drug-likeness (QED) is 0.813. The molecule has 1 aliphatic rings. The molecule has 1 amide bonds. The van der Waals surface area contributed by atoms with Gasteiger partial charge < -0.3 is 19.3 Å². The Morgan fingerprint density at radius 3 is 3.04 bits per heavy atom. The molecule has 0 bridgehead atoms.